The second kappa shape index (κ2) is 19.9. The van der Waals surface area contributed by atoms with Gasteiger partial charge in [0.2, 0.25) is 0 Å². The Hall–Kier alpha value is -3.90. The summed E-state index contributed by atoms with van der Waals surface area (Å²) in [6.07, 6.45) is 9.50. The van der Waals surface area contributed by atoms with Gasteiger partial charge in [0.1, 0.15) is 23.2 Å². The number of allylic oxidation sites excluding steroid dienone is 1. The lowest BCUT2D eigenvalue weighted by molar-refractivity contribution is -0.112. The van der Waals surface area contributed by atoms with Gasteiger partial charge in [-0.15, -0.1) is 11.3 Å². The molecular formula is C40H54F2N4O2S. The first-order chi connectivity index (χ1) is 23.3. The molecule has 0 saturated carbocycles. The van der Waals surface area contributed by atoms with Crippen LogP contribution in [0.3, 0.4) is 0 Å². The van der Waals surface area contributed by atoms with Crippen molar-refractivity contribution in [2.45, 2.75) is 112 Å². The summed E-state index contributed by atoms with van der Waals surface area (Å²) in [5.74, 6) is 0.322. The number of ketones is 1. The van der Waals surface area contributed by atoms with E-state index in [0.29, 0.717) is 38.3 Å². The van der Waals surface area contributed by atoms with Gasteiger partial charge >= 0.3 is 6.01 Å². The molecule has 0 aliphatic rings. The number of carbonyl (C=O) groups excluding carboxylic acids is 1. The fraction of sp³-hybridized carbons (Fsp3) is 0.500. The van der Waals surface area contributed by atoms with E-state index in [1.807, 2.05) is 27.0 Å². The molecule has 0 radical (unpaired) electrons. The third-order valence-electron chi connectivity index (χ3n) is 8.73. The van der Waals surface area contributed by atoms with Gasteiger partial charge in [-0.25, -0.2) is 8.78 Å². The highest BCUT2D eigenvalue weighted by Crippen LogP contribution is 2.44. The van der Waals surface area contributed by atoms with E-state index in [4.69, 9.17) is 4.74 Å². The summed E-state index contributed by atoms with van der Waals surface area (Å²) in [5.41, 5.74) is 1.26. The standard InChI is InChI=1S/C31H36F2N4OS.C5H12.C4H6O/c1-8-18(5)10-11-19(9-2)37(6)30-22-13-12-21(26(33)27(22)35-31(36-30)38-7)20-14-15-24(32)29-25(20)23(16-34)28(39-29)17(3)4;1-3-5-4-2;1-3-4(2)5/h12-15,17-19H,8-11H2,1-7H3;3-5H2,1-2H3;3H,1H2,2H3. The molecule has 49 heavy (non-hydrogen) atoms. The number of aromatic nitrogens is 2. The van der Waals surface area contributed by atoms with E-state index >= 15 is 4.39 Å². The lowest BCUT2D eigenvalue weighted by Crippen LogP contribution is -2.32. The number of methoxy groups -OCH3 is 1. The molecule has 4 aromatic rings. The van der Waals surface area contributed by atoms with Crippen molar-refractivity contribution < 1.29 is 18.3 Å². The molecule has 0 bridgehead atoms. The number of nitriles is 1. The third-order valence-corrected chi connectivity index (χ3v) is 10.2. The molecule has 2 atom stereocenters. The summed E-state index contributed by atoms with van der Waals surface area (Å²) in [4.78, 5) is 21.6. The minimum Gasteiger partial charge on any atom is -0.467 e. The molecule has 0 amide bonds. The van der Waals surface area contributed by atoms with Crippen molar-refractivity contribution in [3.8, 4) is 23.2 Å². The quantitative estimate of drug-likeness (QED) is 0.130. The molecule has 6 nitrogen and oxygen atoms in total. The number of anilines is 1. The van der Waals surface area contributed by atoms with E-state index in [1.54, 1.807) is 12.1 Å². The first-order valence-corrected chi connectivity index (χ1v) is 18.2. The largest absolute Gasteiger partial charge is 0.467 e. The second-order valence-corrected chi connectivity index (χ2v) is 13.7. The highest BCUT2D eigenvalue weighted by molar-refractivity contribution is 7.19. The molecule has 0 aliphatic heterocycles. The fourth-order valence-electron chi connectivity index (χ4n) is 5.50. The first kappa shape index (κ1) is 41.3. The van der Waals surface area contributed by atoms with Crippen LogP contribution in [0, 0.1) is 28.9 Å². The zero-order valence-corrected chi connectivity index (χ0v) is 31.9. The summed E-state index contributed by atoms with van der Waals surface area (Å²) >= 11 is 1.26. The lowest BCUT2D eigenvalue weighted by atomic mass is 9.95. The van der Waals surface area contributed by atoms with E-state index in [2.05, 4.69) is 62.1 Å². The molecule has 0 N–H and O–H groups in total. The predicted octanol–water partition coefficient (Wildman–Crippen LogP) is 11.8. The van der Waals surface area contributed by atoms with Crippen molar-refractivity contribution in [3.63, 3.8) is 0 Å². The van der Waals surface area contributed by atoms with Crippen molar-refractivity contribution in [1.29, 1.82) is 5.26 Å². The first-order valence-electron chi connectivity index (χ1n) is 17.4. The average molecular weight is 693 g/mol. The maximum Gasteiger partial charge on any atom is 0.318 e. The monoisotopic (exact) mass is 692 g/mol. The Bertz CT molecular complexity index is 1740. The Morgan fingerprint density at radius 3 is 2.16 bits per heavy atom. The predicted molar refractivity (Wildman–Crippen MR) is 203 cm³/mol. The van der Waals surface area contributed by atoms with Crippen LogP contribution in [0.1, 0.15) is 117 Å². The van der Waals surface area contributed by atoms with Crippen LogP contribution in [-0.4, -0.2) is 36.0 Å². The fourth-order valence-corrected chi connectivity index (χ4v) is 6.69. The number of rotatable bonds is 13. The molecule has 2 aromatic heterocycles. The minimum absolute atomic E-state index is 0.0185. The maximum absolute atomic E-state index is 16.4. The van der Waals surface area contributed by atoms with Gasteiger partial charge in [0, 0.05) is 34.3 Å². The topological polar surface area (TPSA) is 79.1 Å². The normalized spacial score (nSPS) is 12.0. The highest BCUT2D eigenvalue weighted by Gasteiger charge is 2.25. The number of hydrogen-bond acceptors (Lipinski definition) is 7. The molecule has 266 valence electrons. The Balaban J connectivity index is 0.000000730. The number of nitrogens with zero attached hydrogens (tertiary/aromatic N) is 4. The van der Waals surface area contributed by atoms with Crippen LogP contribution in [0.25, 0.3) is 32.1 Å². The van der Waals surface area contributed by atoms with E-state index < -0.39 is 11.6 Å². The van der Waals surface area contributed by atoms with Gasteiger partial charge in [-0.05, 0) is 61.8 Å². The van der Waals surface area contributed by atoms with E-state index in [-0.39, 0.29) is 34.8 Å². The van der Waals surface area contributed by atoms with Crippen LogP contribution >= 0.6 is 11.3 Å². The van der Waals surface area contributed by atoms with Crippen molar-refractivity contribution in [2.24, 2.45) is 5.92 Å². The molecule has 0 fully saturated rings. The summed E-state index contributed by atoms with van der Waals surface area (Å²) < 4.78 is 37.0. The number of hydrogen-bond donors (Lipinski definition) is 0. The number of fused-ring (bicyclic) bond motifs is 2. The van der Waals surface area contributed by atoms with Gasteiger partial charge < -0.3 is 9.64 Å². The molecule has 0 spiro atoms. The number of benzene rings is 2. The summed E-state index contributed by atoms with van der Waals surface area (Å²) in [7, 11) is 3.45. The van der Waals surface area contributed by atoms with Crippen LogP contribution < -0.4 is 9.64 Å². The Labute approximate surface area is 296 Å². The smallest absolute Gasteiger partial charge is 0.318 e. The minimum atomic E-state index is -0.551. The average Bonchev–Trinajstić information content (AvgIpc) is 3.50. The summed E-state index contributed by atoms with van der Waals surface area (Å²) in [6, 6.07) is 8.94. The van der Waals surface area contributed by atoms with E-state index in [0.717, 1.165) is 30.6 Å². The zero-order valence-electron chi connectivity index (χ0n) is 31.0. The summed E-state index contributed by atoms with van der Waals surface area (Å²) in [5, 5.41) is 11.0. The van der Waals surface area contributed by atoms with Gasteiger partial charge in [-0.1, -0.05) is 92.9 Å². The maximum atomic E-state index is 16.4. The molecule has 0 saturated heterocycles. The van der Waals surface area contributed by atoms with Crippen LogP contribution in [0.15, 0.2) is 36.9 Å². The molecule has 0 aliphatic carbocycles. The Kier molecular flexibility index (Phi) is 16.8. The Morgan fingerprint density at radius 1 is 1.04 bits per heavy atom. The van der Waals surface area contributed by atoms with Crippen LogP contribution in [0.5, 0.6) is 6.01 Å². The van der Waals surface area contributed by atoms with Crippen molar-refractivity contribution in [1.82, 2.24) is 9.97 Å². The van der Waals surface area contributed by atoms with Crippen LogP contribution in [0.2, 0.25) is 0 Å². The van der Waals surface area contributed by atoms with Crippen molar-refractivity contribution >= 4 is 43.9 Å². The third kappa shape index (κ3) is 10.3. The van der Waals surface area contributed by atoms with Gasteiger partial charge in [-0.2, -0.15) is 15.2 Å². The molecule has 2 unspecified atom stereocenters. The van der Waals surface area contributed by atoms with Crippen LogP contribution in [-0.2, 0) is 4.79 Å². The molecular weight excluding hydrogens is 639 g/mol. The summed E-state index contributed by atoms with van der Waals surface area (Å²) in [6.45, 7) is 19.6. The van der Waals surface area contributed by atoms with Crippen LogP contribution in [0.4, 0.5) is 14.6 Å². The number of unbranched alkanes of at least 4 members (excludes halogenated alkanes) is 2. The van der Waals surface area contributed by atoms with E-state index in [9.17, 15) is 14.4 Å². The molecule has 2 heterocycles. The highest BCUT2D eigenvalue weighted by atomic mass is 32.1. The van der Waals surface area contributed by atoms with E-state index in [1.165, 1.54) is 56.8 Å². The number of halogens is 2. The number of thiophene rings is 1. The van der Waals surface area contributed by atoms with Crippen molar-refractivity contribution in [3.05, 3.63) is 59.0 Å². The number of carbonyl (C=O) groups is 1. The SMILES string of the molecule is C=CC(C)=O.CCC(C)CCC(CC)N(C)c1nc(OC)nc2c(F)c(-c3ccc(F)c4sc(C(C)C)c(C#N)c34)ccc12.CCCCC. The molecule has 9 heteroatoms. The van der Waals surface area contributed by atoms with Gasteiger partial charge in [-0.3, -0.25) is 4.79 Å². The zero-order chi connectivity index (χ0) is 36.8. The van der Waals surface area contributed by atoms with Gasteiger partial charge in [0.25, 0.3) is 0 Å². The number of ether oxygens (including phenoxy) is 1. The molecule has 4 rings (SSSR count). The molecule has 2 aromatic carbocycles. The second-order valence-electron chi connectivity index (χ2n) is 12.7. The lowest BCUT2D eigenvalue weighted by Gasteiger charge is -2.30. The van der Waals surface area contributed by atoms with Gasteiger partial charge in [0.15, 0.2) is 11.6 Å². The Morgan fingerprint density at radius 2 is 1.67 bits per heavy atom. The van der Waals surface area contributed by atoms with Gasteiger partial charge in [0.05, 0.1) is 17.4 Å². The van der Waals surface area contributed by atoms with Crippen molar-refractivity contribution in [2.75, 3.05) is 19.1 Å².